The second-order valence-corrected chi connectivity index (χ2v) is 9.32. The summed E-state index contributed by atoms with van der Waals surface area (Å²) >= 11 is 1.31. The number of piperazine rings is 1. The van der Waals surface area contributed by atoms with E-state index in [1.165, 1.54) is 18.4 Å². The van der Waals surface area contributed by atoms with Gasteiger partial charge in [-0.3, -0.25) is 9.58 Å². The summed E-state index contributed by atoms with van der Waals surface area (Å²) in [6, 6.07) is 4.60. The average Bonchev–Trinajstić information content (AvgIpc) is 3.37. The number of thiophene rings is 1. The molecule has 2 aromatic rings. The Morgan fingerprint density at radius 1 is 1.19 bits per heavy atom. The smallest absolute Gasteiger partial charge is 0.373 e. The van der Waals surface area contributed by atoms with Crippen molar-refractivity contribution in [2.45, 2.75) is 49.2 Å². The molecule has 2 aliphatic carbocycles. The van der Waals surface area contributed by atoms with Gasteiger partial charge >= 0.3 is 6.18 Å². The molecule has 5 nitrogen and oxygen atoms in total. The maximum atomic E-state index is 13.0. The lowest BCUT2D eigenvalue weighted by Gasteiger charge is -2.42. The molecule has 2 spiro atoms. The highest BCUT2D eigenvalue weighted by atomic mass is 32.1. The van der Waals surface area contributed by atoms with Gasteiger partial charge in [-0.05, 0) is 43.9 Å². The molecule has 0 amide bonds. The van der Waals surface area contributed by atoms with Crippen LogP contribution in [-0.4, -0.2) is 44.0 Å². The highest BCUT2D eigenvalue weighted by molar-refractivity contribution is 7.15. The van der Waals surface area contributed by atoms with E-state index in [1.54, 1.807) is 12.1 Å². The van der Waals surface area contributed by atoms with Crippen LogP contribution < -0.4 is 5.32 Å². The summed E-state index contributed by atoms with van der Waals surface area (Å²) in [5.74, 6) is 0. The van der Waals surface area contributed by atoms with Gasteiger partial charge in [-0.25, -0.2) is 0 Å². The molecule has 1 aliphatic heterocycles. The molecule has 0 bridgehead atoms. The van der Waals surface area contributed by atoms with Gasteiger partial charge in [-0.15, -0.1) is 11.3 Å². The Bertz CT molecular complexity index is 862. The van der Waals surface area contributed by atoms with Crippen molar-refractivity contribution in [1.82, 2.24) is 20.0 Å². The maximum Gasteiger partial charge on any atom is 0.433 e. The molecule has 9 heteroatoms. The normalized spacial score (nSPS) is 24.5. The van der Waals surface area contributed by atoms with Gasteiger partial charge in [-0.2, -0.15) is 18.3 Å². The van der Waals surface area contributed by atoms with E-state index < -0.39 is 18.1 Å². The minimum Gasteiger partial charge on any atom is -0.373 e. The second kappa shape index (κ2) is 5.56. The Balaban J connectivity index is 1.38. The molecule has 2 saturated carbocycles. The zero-order chi connectivity index (χ0) is 19.0. The number of aromatic nitrogens is 2. The van der Waals surface area contributed by atoms with E-state index >= 15 is 0 Å². The van der Waals surface area contributed by atoms with E-state index in [9.17, 15) is 18.3 Å². The minimum atomic E-state index is -4.43. The van der Waals surface area contributed by atoms with Gasteiger partial charge in [0.2, 0.25) is 0 Å². The van der Waals surface area contributed by atoms with Crippen molar-refractivity contribution in [2.24, 2.45) is 7.05 Å². The number of hydrogen-bond donors (Lipinski definition) is 2. The fraction of sp³-hybridized carbons (Fsp3) is 0.611. The lowest BCUT2D eigenvalue weighted by molar-refractivity contribution is -0.143. The van der Waals surface area contributed by atoms with Crippen LogP contribution in [0.1, 0.15) is 42.5 Å². The third-order valence-electron chi connectivity index (χ3n) is 5.90. The van der Waals surface area contributed by atoms with Crippen LogP contribution in [0.4, 0.5) is 13.2 Å². The van der Waals surface area contributed by atoms with Gasteiger partial charge < -0.3 is 10.4 Å². The summed E-state index contributed by atoms with van der Waals surface area (Å²) in [6.45, 7) is 1.62. The number of halogens is 3. The number of nitrogens with zero attached hydrogens (tertiary/aromatic N) is 3. The van der Waals surface area contributed by atoms with Crippen molar-refractivity contribution in [3.8, 4) is 10.6 Å². The number of aryl methyl sites for hydroxylation is 1. The fourth-order valence-electron chi connectivity index (χ4n) is 4.18. The minimum absolute atomic E-state index is 0.151. The summed E-state index contributed by atoms with van der Waals surface area (Å²) in [6.07, 6.45) is -0.600. The zero-order valence-corrected chi connectivity index (χ0v) is 15.7. The van der Waals surface area contributed by atoms with E-state index in [0.29, 0.717) is 4.88 Å². The Hall–Kier alpha value is -1.42. The van der Waals surface area contributed by atoms with Crippen molar-refractivity contribution >= 4 is 11.3 Å². The van der Waals surface area contributed by atoms with E-state index in [-0.39, 0.29) is 16.8 Å². The highest BCUT2D eigenvalue weighted by Crippen LogP contribution is 2.50. The number of nitrogens with one attached hydrogen (secondary N) is 1. The standard InChI is InChI=1S/C18H21F3N4OS/c1-24-14(18(19,20)21)8-11(22-24)12-2-3-13(27-12)15(26)25-9-16(4-5-16)23-17(10-25)6-7-17/h2-3,8,15,23,26H,4-7,9-10H2,1H3. The van der Waals surface area contributed by atoms with Crippen LogP contribution in [-0.2, 0) is 13.2 Å². The highest BCUT2D eigenvalue weighted by Gasteiger charge is 2.58. The van der Waals surface area contributed by atoms with Crippen LogP contribution in [0, 0.1) is 0 Å². The molecular weight excluding hydrogens is 377 g/mol. The van der Waals surface area contributed by atoms with Crippen LogP contribution in [0.3, 0.4) is 0 Å². The molecule has 2 aromatic heterocycles. The SMILES string of the molecule is Cn1nc(-c2ccc(C(O)N3CC4(CC4)NC4(CC4)C3)s2)cc1C(F)(F)F. The predicted molar refractivity (Wildman–Crippen MR) is 95.1 cm³/mol. The van der Waals surface area contributed by atoms with Crippen molar-refractivity contribution in [1.29, 1.82) is 0 Å². The molecule has 3 fully saturated rings. The van der Waals surface area contributed by atoms with Gasteiger partial charge in [0.05, 0.1) is 4.88 Å². The molecule has 146 valence electrons. The van der Waals surface area contributed by atoms with Gasteiger partial charge in [-0.1, -0.05) is 0 Å². The van der Waals surface area contributed by atoms with Crippen LogP contribution in [0.5, 0.6) is 0 Å². The van der Waals surface area contributed by atoms with Gasteiger partial charge in [0.15, 0.2) is 0 Å². The van der Waals surface area contributed by atoms with Gasteiger partial charge in [0.25, 0.3) is 0 Å². The maximum absolute atomic E-state index is 13.0. The topological polar surface area (TPSA) is 53.3 Å². The lowest BCUT2D eigenvalue weighted by Crippen LogP contribution is -2.60. The fourth-order valence-corrected chi connectivity index (χ4v) is 5.16. The summed E-state index contributed by atoms with van der Waals surface area (Å²) in [4.78, 5) is 3.50. The molecule has 27 heavy (non-hydrogen) atoms. The number of alkyl halides is 3. The predicted octanol–water partition coefficient (Wildman–Crippen LogP) is 3.13. The second-order valence-electron chi connectivity index (χ2n) is 8.20. The average molecular weight is 398 g/mol. The molecule has 1 atom stereocenters. The molecule has 3 heterocycles. The first kappa shape index (κ1) is 17.7. The number of aliphatic hydroxyl groups excluding tert-OH is 1. The van der Waals surface area contributed by atoms with Crippen LogP contribution in [0.2, 0.25) is 0 Å². The summed E-state index contributed by atoms with van der Waals surface area (Å²) in [7, 11) is 1.29. The molecular formula is C18H21F3N4OS. The molecule has 1 saturated heterocycles. The largest absolute Gasteiger partial charge is 0.433 e. The van der Waals surface area contributed by atoms with Gasteiger partial charge in [0, 0.05) is 36.1 Å². The summed E-state index contributed by atoms with van der Waals surface area (Å²) < 4.78 is 39.9. The van der Waals surface area contributed by atoms with Crippen LogP contribution in [0.25, 0.3) is 10.6 Å². The Morgan fingerprint density at radius 2 is 1.81 bits per heavy atom. The lowest BCUT2D eigenvalue weighted by atomic mass is 10.1. The Kier molecular flexibility index (Phi) is 3.64. The third kappa shape index (κ3) is 3.10. The van der Waals surface area contributed by atoms with Crippen LogP contribution >= 0.6 is 11.3 Å². The Morgan fingerprint density at radius 3 is 2.33 bits per heavy atom. The molecule has 0 aromatic carbocycles. The van der Waals surface area contributed by atoms with E-state index in [2.05, 4.69) is 15.3 Å². The molecule has 0 radical (unpaired) electrons. The van der Waals surface area contributed by atoms with E-state index in [4.69, 9.17) is 0 Å². The van der Waals surface area contributed by atoms with Gasteiger partial charge in [0.1, 0.15) is 17.6 Å². The molecule has 2 N–H and O–H groups in total. The summed E-state index contributed by atoms with van der Waals surface area (Å²) in [5, 5.41) is 18.7. The molecule has 5 rings (SSSR count). The first-order valence-corrected chi connectivity index (χ1v) is 9.93. The van der Waals surface area contributed by atoms with Crippen molar-refractivity contribution in [2.75, 3.05) is 13.1 Å². The van der Waals surface area contributed by atoms with Crippen molar-refractivity contribution in [3.05, 3.63) is 28.8 Å². The first-order valence-electron chi connectivity index (χ1n) is 9.12. The van der Waals surface area contributed by atoms with Crippen molar-refractivity contribution < 1.29 is 18.3 Å². The van der Waals surface area contributed by atoms with E-state index in [0.717, 1.165) is 54.4 Å². The first-order chi connectivity index (χ1) is 12.7. The quantitative estimate of drug-likeness (QED) is 0.834. The zero-order valence-electron chi connectivity index (χ0n) is 14.9. The molecule has 1 unspecified atom stereocenters. The number of aliphatic hydroxyl groups is 1. The van der Waals surface area contributed by atoms with Crippen molar-refractivity contribution in [3.63, 3.8) is 0 Å². The monoisotopic (exact) mass is 398 g/mol. The number of rotatable bonds is 3. The summed E-state index contributed by atoms with van der Waals surface area (Å²) in [5.41, 5.74) is -0.191. The third-order valence-corrected chi connectivity index (χ3v) is 7.05. The van der Waals surface area contributed by atoms with E-state index in [1.807, 2.05) is 0 Å². The Labute approximate surface area is 158 Å². The number of hydrogen-bond acceptors (Lipinski definition) is 5. The van der Waals surface area contributed by atoms with Crippen LogP contribution in [0.15, 0.2) is 18.2 Å². The molecule has 3 aliphatic rings.